The van der Waals surface area contributed by atoms with Gasteiger partial charge in [-0.1, -0.05) is 36.2 Å². The Bertz CT molecular complexity index is 936. The Labute approximate surface area is 212 Å². The number of hydrogen-bond donors (Lipinski definition) is 1. The molecule has 1 N–H and O–H groups in total. The number of fused-ring (bicyclic) bond motifs is 1. The van der Waals surface area contributed by atoms with Gasteiger partial charge in [-0.05, 0) is 72.6 Å². The average Bonchev–Trinajstić information content (AvgIpc) is 3.32. The standard InChI is InChI=1S/C27H37BrN4O2/c1-3-19-10-21-13-27(2,14-22(21)11-19)15-25(33)30-17-26(34)32-8-6-31(7-9-32)18-23-12-24(28)5-4-20(23)16-29/h4-5,12,19,21-22H,3,6-11,13-15,17-18H2,1-2H3,(H,30,33). The maximum absolute atomic E-state index is 12.7. The second-order valence-electron chi connectivity index (χ2n) is 11.0. The molecule has 1 aliphatic heterocycles. The van der Waals surface area contributed by atoms with E-state index in [2.05, 4.69) is 46.1 Å². The van der Waals surface area contributed by atoms with Crippen molar-refractivity contribution in [2.75, 3.05) is 32.7 Å². The minimum Gasteiger partial charge on any atom is -0.347 e. The Morgan fingerprint density at radius 1 is 1.18 bits per heavy atom. The van der Waals surface area contributed by atoms with Crippen LogP contribution in [0, 0.1) is 34.5 Å². The smallest absolute Gasteiger partial charge is 0.242 e. The molecule has 1 aromatic carbocycles. The normalized spacial score (nSPS) is 29.0. The number of rotatable bonds is 7. The highest BCUT2D eigenvalue weighted by Gasteiger charge is 2.47. The molecule has 0 spiro atoms. The first kappa shape index (κ1) is 25.2. The van der Waals surface area contributed by atoms with E-state index in [9.17, 15) is 14.9 Å². The number of carbonyl (C=O) groups is 2. The number of piperazine rings is 1. The molecule has 1 aromatic rings. The fraction of sp³-hybridized carbons (Fsp3) is 0.667. The Kier molecular flexibility index (Phi) is 7.99. The van der Waals surface area contributed by atoms with E-state index >= 15 is 0 Å². The van der Waals surface area contributed by atoms with Crippen molar-refractivity contribution in [3.8, 4) is 6.07 Å². The zero-order valence-electron chi connectivity index (χ0n) is 20.5. The summed E-state index contributed by atoms with van der Waals surface area (Å²) in [4.78, 5) is 29.5. The summed E-state index contributed by atoms with van der Waals surface area (Å²) in [5.74, 6) is 2.48. The summed E-state index contributed by atoms with van der Waals surface area (Å²) in [6.45, 7) is 8.14. The van der Waals surface area contributed by atoms with Gasteiger partial charge in [0.1, 0.15) is 0 Å². The number of amides is 2. The van der Waals surface area contributed by atoms with Crippen molar-refractivity contribution in [2.45, 2.75) is 58.9 Å². The molecule has 2 atom stereocenters. The summed E-state index contributed by atoms with van der Waals surface area (Å²) >= 11 is 3.48. The molecule has 0 aromatic heterocycles. The summed E-state index contributed by atoms with van der Waals surface area (Å²) in [5.41, 5.74) is 1.77. The predicted molar refractivity (Wildman–Crippen MR) is 136 cm³/mol. The molecular formula is C27H37BrN4O2. The molecule has 3 aliphatic rings. The van der Waals surface area contributed by atoms with Crippen molar-refractivity contribution in [3.05, 3.63) is 33.8 Å². The fourth-order valence-electron chi connectivity index (χ4n) is 6.60. The topological polar surface area (TPSA) is 76.4 Å². The quantitative estimate of drug-likeness (QED) is 0.571. The third-order valence-corrected chi connectivity index (χ3v) is 8.85. The van der Waals surface area contributed by atoms with E-state index in [-0.39, 0.29) is 23.8 Å². The van der Waals surface area contributed by atoms with E-state index in [0.29, 0.717) is 31.6 Å². The summed E-state index contributed by atoms with van der Waals surface area (Å²) in [7, 11) is 0. The third kappa shape index (κ3) is 6.01. The van der Waals surface area contributed by atoms with Crippen LogP contribution in [0.25, 0.3) is 0 Å². The Hall–Kier alpha value is -1.91. The molecule has 4 rings (SSSR count). The first-order chi connectivity index (χ1) is 16.3. The molecule has 2 saturated carbocycles. The van der Waals surface area contributed by atoms with Crippen molar-refractivity contribution in [1.82, 2.24) is 15.1 Å². The number of nitrogens with one attached hydrogen (secondary N) is 1. The van der Waals surface area contributed by atoms with Crippen LogP contribution in [-0.4, -0.2) is 54.3 Å². The van der Waals surface area contributed by atoms with Crippen LogP contribution in [0.15, 0.2) is 22.7 Å². The van der Waals surface area contributed by atoms with Crippen molar-refractivity contribution in [2.24, 2.45) is 23.2 Å². The maximum atomic E-state index is 12.7. The number of benzene rings is 1. The molecule has 0 radical (unpaired) electrons. The van der Waals surface area contributed by atoms with Crippen LogP contribution in [0.3, 0.4) is 0 Å². The van der Waals surface area contributed by atoms with Gasteiger partial charge in [0.15, 0.2) is 0 Å². The van der Waals surface area contributed by atoms with E-state index in [0.717, 1.165) is 53.7 Å². The number of nitrogens with zero attached hydrogens (tertiary/aromatic N) is 3. The van der Waals surface area contributed by atoms with Crippen molar-refractivity contribution >= 4 is 27.7 Å². The number of halogens is 1. The van der Waals surface area contributed by atoms with E-state index in [1.165, 1.54) is 19.3 Å². The highest BCUT2D eigenvalue weighted by Crippen LogP contribution is 2.56. The molecule has 7 heteroatoms. The van der Waals surface area contributed by atoms with Crippen LogP contribution in [0.2, 0.25) is 0 Å². The van der Waals surface area contributed by atoms with Gasteiger partial charge >= 0.3 is 0 Å². The predicted octanol–water partition coefficient (Wildman–Crippen LogP) is 4.32. The van der Waals surface area contributed by atoms with Gasteiger partial charge in [0.05, 0.1) is 18.2 Å². The highest BCUT2D eigenvalue weighted by atomic mass is 79.9. The van der Waals surface area contributed by atoms with E-state index in [1.807, 2.05) is 23.1 Å². The van der Waals surface area contributed by atoms with Crippen molar-refractivity contribution < 1.29 is 9.59 Å². The van der Waals surface area contributed by atoms with Crippen molar-refractivity contribution in [3.63, 3.8) is 0 Å². The summed E-state index contributed by atoms with van der Waals surface area (Å²) in [6.07, 6.45) is 6.80. The number of hydrogen-bond acceptors (Lipinski definition) is 4. The Morgan fingerprint density at radius 2 is 1.85 bits per heavy atom. The van der Waals surface area contributed by atoms with Gasteiger partial charge in [-0.2, -0.15) is 5.26 Å². The molecule has 1 heterocycles. The van der Waals surface area contributed by atoms with Crippen LogP contribution in [0.5, 0.6) is 0 Å². The van der Waals surface area contributed by atoms with Crippen LogP contribution in [0.1, 0.15) is 63.5 Å². The Morgan fingerprint density at radius 3 is 2.47 bits per heavy atom. The van der Waals surface area contributed by atoms with Gasteiger partial charge < -0.3 is 10.2 Å². The van der Waals surface area contributed by atoms with Crippen LogP contribution in [-0.2, 0) is 16.1 Å². The largest absolute Gasteiger partial charge is 0.347 e. The number of carbonyl (C=O) groups excluding carboxylic acids is 2. The zero-order valence-corrected chi connectivity index (χ0v) is 22.1. The summed E-state index contributed by atoms with van der Waals surface area (Å²) in [5, 5.41) is 12.3. The molecular weight excluding hydrogens is 492 g/mol. The zero-order chi connectivity index (χ0) is 24.3. The second-order valence-corrected chi connectivity index (χ2v) is 11.9. The number of nitriles is 1. The van der Waals surface area contributed by atoms with E-state index in [1.54, 1.807) is 0 Å². The van der Waals surface area contributed by atoms with Crippen LogP contribution < -0.4 is 5.32 Å². The lowest BCUT2D eigenvalue weighted by Gasteiger charge is -2.35. The fourth-order valence-corrected chi connectivity index (χ4v) is 7.01. The third-order valence-electron chi connectivity index (χ3n) is 8.36. The first-order valence-electron chi connectivity index (χ1n) is 12.7. The molecule has 0 bridgehead atoms. The van der Waals surface area contributed by atoms with E-state index in [4.69, 9.17) is 0 Å². The van der Waals surface area contributed by atoms with Crippen molar-refractivity contribution in [1.29, 1.82) is 5.26 Å². The molecule has 1 saturated heterocycles. The lowest BCUT2D eigenvalue weighted by atomic mass is 9.81. The van der Waals surface area contributed by atoms with Gasteiger partial charge in [0, 0.05) is 43.6 Å². The van der Waals surface area contributed by atoms with Gasteiger partial charge in [-0.15, -0.1) is 0 Å². The maximum Gasteiger partial charge on any atom is 0.242 e. The average molecular weight is 530 g/mol. The SMILES string of the molecule is CCC1CC2CC(C)(CC(=O)NCC(=O)N3CCN(Cc4cc(Br)ccc4C#N)CC3)CC2C1. The minimum absolute atomic E-state index is 0.00704. The molecule has 2 amide bonds. The molecule has 2 unspecified atom stereocenters. The molecule has 184 valence electrons. The molecule has 34 heavy (non-hydrogen) atoms. The second kappa shape index (κ2) is 10.8. The van der Waals surface area contributed by atoms with Gasteiger partial charge in [0.2, 0.25) is 11.8 Å². The summed E-state index contributed by atoms with van der Waals surface area (Å²) < 4.78 is 0.964. The molecule has 6 nitrogen and oxygen atoms in total. The molecule has 2 aliphatic carbocycles. The highest BCUT2D eigenvalue weighted by molar-refractivity contribution is 9.10. The summed E-state index contributed by atoms with van der Waals surface area (Å²) in [6, 6.07) is 7.97. The van der Waals surface area contributed by atoms with Gasteiger partial charge in [-0.3, -0.25) is 14.5 Å². The lowest BCUT2D eigenvalue weighted by molar-refractivity contribution is -0.134. The lowest BCUT2D eigenvalue weighted by Crippen LogP contribution is -2.51. The minimum atomic E-state index is -0.00704. The monoisotopic (exact) mass is 528 g/mol. The van der Waals surface area contributed by atoms with Crippen LogP contribution in [0.4, 0.5) is 0 Å². The van der Waals surface area contributed by atoms with Gasteiger partial charge in [-0.25, -0.2) is 0 Å². The first-order valence-corrected chi connectivity index (χ1v) is 13.5. The van der Waals surface area contributed by atoms with E-state index < -0.39 is 0 Å². The Balaban J connectivity index is 1.18. The van der Waals surface area contributed by atoms with Gasteiger partial charge in [0.25, 0.3) is 0 Å². The van der Waals surface area contributed by atoms with Crippen LogP contribution >= 0.6 is 15.9 Å². The molecule has 3 fully saturated rings.